The first-order valence-electron chi connectivity index (χ1n) is 7.69. The molecule has 0 saturated heterocycles. The first-order chi connectivity index (χ1) is 12.2. The van der Waals surface area contributed by atoms with E-state index in [0.29, 0.717) is 11.6 Å². The Morgan fingerprint density at radius 1 is 1.08 bits per heavy atom. The third kappa shape index (κ3) is 3.01. The highest BCUT2D eigenvalue weighted by Gasteiger charge is 2.12. The number of anilines is 1. The largest absolute Gasteiger partial charge is 0.362 e. The third-order valence-corrected chi connectivity index (χ3v) is 3.78. The van der Waals surface area contributed by atoms with E-state index in [2.05, 4.69) is 30.4 Å². The SMILES string of the molecule is C[C@H](Nc1ccnc(-c2cnn3ccncc23)n1)c1ccc(F)cn1. The molecule has 4 aromatic heterocycles. The molecule has 4 rings (SSSR count). The van der Waals surface area contributed by atoms with Crippen LogP contribution in [0.4, 0.5) is 10.2 Å². The van der Waals surface area contributed by atoms with Crippen LogP contribution in [-0.4, -0.2) is 29.5 Å². The van der Waals surface area contributed by atoms with Crippen LogP contribution >= 0.6 is 0 Å². The molecular weight excluding hydrogens is 321 g/mol. The number of nitrogens with zero attached hydrogens (tertiary/aromatic N) is 6. The van der Waals surface area contributed by atoms with Gasteiger partial charge in [-0.1, -0.05) is 0 Å². The minimum Gasteiger partial charge on any atom is -0.362 e. The first kappa shape index (κ1) is 15.1. The molecule has 1 atom stereocenters. The van der Waals surface area contributed by atoms with Crippen molar-refractivity contribution < 1.29 is 4.39 Å². The van der Waals surface area contributed by atoms with Crippen LogP contribution in [0.15, 0.2) is 55.4 Å². The maximum Gasteiger partial charge on any atom is 0.165 e. The van der Waals surface area contributed by atoms with Crippen LogP contribution in [0.3, 0.4) is 0 Å². The molecule has 7 nitrogen and oxygen atoms in total. The molecule has 0 bridgehead atoms. The highest BCUT2D eigenvalue weighted by atomic mass is 19.1. The van der Waals surface area contributed by atoms with E-state index in [-0.39, 0.29) is 11.9 Å². The van der Waals surface area contributed by atoms with E-state index < -0.39 is 0 Å². The number of hydrogen-bond donors (Lipinski definition) is 1. The predicted molar refractivity (Wildman–Crippen MR) is 90.2 cm³/mol. The van der Waals surface area contributed by atoms with Crippen LogP contribution in [0.1, 0.15) is 18.7 Å². The molecule has 0 unspecified atom stereocenters. The van der Waals surface area contributed by atoms with Crippen LogP contribution < -0.4 is 5.32 Å². The van der Waals surface area contributed by atoms with E-state index in [1.165, 1.54) is 12.3 Å². The number of halogens is 1. The summed E-state index contributed by atoms with van der Waals surface area (Å²) in [5.74, 6) is 0.834. The van der Waals surface area contributed by atoms with Gasteiger partial charge in [-0.2, -0.15) is 5.10 Å². The summed E-state index contributed by atoms with van der Waals surface area (Å²) >= 11 is 0. The molecule has 0 radical (unpaired) electrons. The monoisotopic (exact) mass is 335 g/mol. The van der Waals surface area contributed by atoms with Crippen molar-refractivity contribution >= 4 is 11.3 Å². The van der Waals surface area contributed by atoms with Crippen LogP contribution in [0.5, 0.6) is 0 Å². The molecule has 8 heteroatoms. The van der Waals surface area contributed by atoms with Crippen molar-refractivity contribution in [2.24, 2.45) is 0 Å². The summed E-state index contributed by atoms with van der Waals surface area (Å²) < 4.78 is 14.7. The number of hydrogen-bond acceptors (Lipinski definition) is 6. The lowest BCUT2D eigenvalue weighted by atomic mass is 10.2. The van der Waals surface area contributed by atoms with Crippen molar-refractivity contribution in [2.45, 2.75) is 13.0 Å². The second kappa shape index (κ2) is 6.23. The number of aromatic nitrogens is 6. The Kier molecular flexibility index (Phi) is 3.77. The van der Waals surface area contributed by atoms with Crippen molar-refractivity contribution in [3.05, 3.63) is 66.9 Å². The van der Waals surface area contributed by atoms with Gasteiger partial charge in [-0.25, -0.2) is 18.9 Å². The molecular formula is C17H14FN7. The lowest BCUT2D eigenvalue weighted by molar-refractivity contribution is 0.617. The van der Waals surface area contributed by atoms with Gasteiger partial charge in [-0.15, -0.1) is 0 Å². The number of nitrogens with one attached hydrogen (secondary N) is 1. The average molecular weight is 335 g/mol. The van der Waals surface area contributed by atoms with E-state index >= 15 is 0 Å². The molecule has 0 aliphatic rings. The number of pyridine rings is 1. The van der Waals surface area contributed by atoms with Crippen molar-refractivity contribution in [3.8, 4) is 11.4 Å². The Labute approximate surface area is 142 Å². The normalized spacial score (nSPS) is 12.2. The summed E-state index contributed by atoms with van der Waals surface area (Å²) in [5.41, 5.74) is 2.35. The van der Waals surface area contributed by atoms with Crippen LogP contribution in [0, 0.1) is 5.82 Å². The van der Waals surface area contributed by atoms with Gasteiger partial charge in [0.2, 0.25) is 0 Å². The van der Waals surface area contributed by atoms with Gasteiger partial charge in [0.15, 0.2) is 5.82 Å². The van der Waals surface area contributed by atoms with Gasteiger partial charge in [0.05, 0.1) is 41.4 Å². The topological polar surface area (TPSA) is 80.9 Å². The minimum absolute atomic E-state index is 0.131. The van der Waals surface area contributed by atoms with E-state index in [1.807, 2.05) is 6.92 Å². The van der Waals surface area contributed by atoms with Gasteiger partial charge < -0.3 is 5.32 Å². The molecule has 124 valence electrons. The molecule has 0 spiro atoms. The van der Waals surface area contributed by atoms with Crippen LogP contribution in [0.2, 0.25) is 0 Å². The molecule has 0 aromatic carbocycles. The number of rotatable bonds is 4. The first-order valence-corrected chi connectivity index (χ1v) is 7.69. The Hall–Kier alpha value is -3.42. The molecule has 0 saturated carbocycles. The summed E-state index contributed by atoms with van der Waals surface area (Å²) in [6.45, 7) is 1.93. The molecule has 4 aromatic rings. The van der Waals surface area contributed by atoms with Crippen molar-refractivity contribution in [2.75, 3.05) is 5.32 Å². The fourth-order valence-corrected chi connectivity index (χ4v) is 2.51. The summed E-state index contributed by atoms with van der Waals surface area (Å²) in [7, 11) is 0. The lowest BCUT2D eigenvalue weighted by Gasteiger charge is -2.14. The Bertz CT molecular complexity index is 1010. The van der Waals surface area contributed by atoms with Crippen molar-refractivity contribution in [3.63, 3.8) is 0 Å². The summed E-state index contributed by atoms with van der Waals surface area (Å²) in [6.07, 6.45) is 9.74. The van der Waals surface area contributed by atoms with Gasteiger partial charge in [0, 0.05) is 18.6 Å². The zero-order valence-corrected chi connectivity index (χ0v) is 13.3. The highest BCUT2D eigenvalue weighted by molar-refractivity contribution is 5.75. The third-order valence-electron chi connectivity index (χ3n) is 3.78. The summed E-state index contributed by atoms with van der Waals surface area (Å²) in [5, 5.41) is 7.52. The second-order valence-corrected chi connectivity index (χ2v) is 5.50. The number of fused-ring (bicyclic) bond motifs is 1. The van der Waals surface area contributed by atoms with E-state index in [1.54, 1.807) is 47.6 Å². The van der Waals surface area contributed by atoms with Crippen molar-refractivity contribution in [1.82, 2.24) is 29.5 Å². The zero-order valence-electron chi connectivity index (χ0n) is 13.3. The Morgan fingerprint density at radius 3 is 2.84 bits per heavy atom. The molecule has 0 aliphatic heterocycles. The summed E-state index contributed by atoms with van der Waals surface area (Å²) in [4.78, 5) is 17.1. The molecule has 25 heavy (non-hydrogen) atoms. The molecule has 0 amide bonds. The predicted octanol–water partition coefficient (Wildman–Crippen LogP) is 2.89. The maximum absolute atomic E-state index is 13.0. The summed E-state index contributed by atoms with van der Waals surface area (Å²) in [6, 6.07) is 4.67. The molecule has 0 aliphatic carbocycles. The minimum atomic E-state index is -0.359. The Morgan fingerprint density at radius 2 is 2.00 bits per heavy atom. The van der Waals surface area contributed by atoms with Crippen LogP contribution in [-0.2, 0) is 0 Å². The second-order valence-electron chi connectivity index (χ2n) is 5.50. The zero-order chi connectivity index (χ0) is 17.2. The molecule has 4 heterocycles. The van der Waals surface area contributed by atoms with Gasteiger partial charge in [-0.05, 0) is 25.1 Å². The van der Waals surface area contributed by atoms with Gasteiger partial charge in [0.25, 0.3) is 0 Å². The van der Waals surface area contributed by atoms with Gasteiger partial charge in [0.1, 0.15) is 11.6 Å². The Balaban J connectivity index is 1.62. The van der Waals surface area contributed by atoms with Gasteiger partial charge in [-0.3, -0.25) is 9.97 Å². The fourth-order valence-electron chi connectivity index (χ4n) is 2.51. The van der Waals surface area contributed by atoms with Crippen LogP contribution in [0.25, 0.3) is 16.9 Å². The van der Waals surface area contributed by atoms with E-state index in [0.717, 1.165) is 16.8 Å². The maximum atomic E-state index is 13.0. The highest BCUT2D eigenvalue weighted by Crippen LogP contribution is 2.22. The quantitative estimate of drug-likeness (QED) is 0.618. The molecule has 1 N–H and O–H groups in total. The van der Waals surface area contributed by atoms with Gasteiger partial charge >= 0.3 is 0 Å². The molecule has 0 fully saturated rings. The van der Waals surface area contributed by atoms with Crippen molar-refractivity contribution in [1.29, 1.82) is 0 Å². The lowest BCUT2D eigenvalue weighted by Crippen LogP contribution is -2.10. The van der Waals surface area contributed by atoms with E-state index in [9.17, 15) is 4.39 Å². The standard InChI is InChI=1S/C17H14FN7/c1-11(14-3-2-12(18)8-21-14)23-16-4-5-20-17(24-16)13-9-22-25-7-6-19-10-15(13)25/h2-11H,1H3,(H,20,23,24)/t11-/m0/s1. The van der Waals surface area contributed by atoms with E-state index in [4.69, 9.17) is 0 Å². The fraction of sp³-hybridized carbons (Fsp3) is 0.118. The smallest absolute Gasteiger partial charge is 0.165 e. The average Bonchev–Trinajstić information content (AvgIpc) is 3.06.